The molecule has 0 aliphatic rings. The van der Waals surface area contributed by atoms with Gasteiger partial charge in [0.15, 0.2) is 16.3 Å². The van der Waals surface area contributed by atoms with E-state index in [-0.39, 0.29) is 31.5 Å². The van der Waals surface area contributed by atoms with Crippen molar-refractivity contribution in [1.82, 2.24) is 89.3 Å². The van der Waals surface area contributed by atoms with Gasteiger partial charge in [-0.3, -0.25) is 5.32 Å². The molecule has 0 bridgehead atoms. The van der Waals surface area contributed by atoms with Crippen LogP contribution in [-0.2, 0) is 45.0 Å². The Morgan fingerprint density at radius 3 is 1.75 bits per heavy atom. The highest BCUT2D eigenvalue weighted by Crippen LogP contribution is 2.33. The molecule has 0 fully saturated rings. The largest absolute Gasteiger partial charge is 0.469 e. The average molecular weight is 1590 g/mol. The first-order chi connectivity index (χ1) is 57.5. The highest BCUT2D eigenvalue weighted by molar-refractivity contribution is 7.98. The van der Waals surface area contributed by atoms with E-state index in [1.807, 2.05) is 184 Å². The standard InChI is InChI=1S/C28H23N5O2.C22H20N6OS.C21H16FN5O2.C19H19N3O2/c1-16-12-22-18(3)29-27(31-24(22)13-17(16)2)33-28-30-23-10-6-5-9-21(23)26(32-28)34-15-20-14-19-8-4-7-11-25(19)35-20;1-14-9-10-23-22(24-14)30-13-17-12-18(28-21(26-17)25-15(2)27-28)7-8-19-11-16-5-3-4-6-20(16)29-19;1-13-19-20(27(26-24-19)11-15-7-2-4-8-17(15)22)21(25-23-13)28-12-16-10-14-6-3-5-9-18(14)29-16;1-12(2)16-10-19(22-18(20-16)8-13(3)21-22)23-11-15-9-14-6-4-5-7-17(14)24-15/h4-14H,15H2,1-3H3,(H,29,30,31,32,33);3-6,9-12H,7-8,13H2,1-2H3;2-10H,11-12H2,1H3;4-10,12H,11H2,1-3H3. The second-order valence-corrected chi connectivity index (χ2v) is 29.6. The van der Waals surface area contributed by atoms with Gasteiger partial charge in [0, 0.05) is 74.4 Å². The van der Waals surface area contributed by atoms with Crippen molar-refractivity contribution >= 4 is 112 Å². The number of anilines is 2. The molecule has 26 nitrogen and oxygen atoms in total. The van der Waals surface area contributed by atoms with Crippen LogP contribution in [-0.4, -0.2) is 89.3 Å². The Bertz CT molecular complexity index is 6940. The molecule has 1 N–H and O–H groups in total. The molecule has 0 saturated carbocycles. The van der Waals surface area contributed by atoms with Gasteiger partial charge in [-0.25, -0.2) is 48.5 Å². The minimum atomic E-state index is -0.306. The van der Waals surface area contributed by atoms with Crippen LogP contribution in [0.25, 0.3) is 88.1 Å². The second kappa shape index (κ2) is 33.6. The van der Waals surface area contributed by atoms with Gasteiger partial charge in [0.2, 0.25) is 23.7 Å². The Kier molecular flexibility index (Phi) is 21.7. The Labute approximate surface area is 678 Å². The number of rotatable bonds is 20. The maximum Gasteiger partial charge on any atom is 0.262 e. The Morgan fingerprint density at radius 2 is 1.08 bits per heavy atom. The molecule has 588 valence electrons. The molecular weight excluding hydrogens is 1510 g/mol. The van der Waals surface area contributed by atoms with Gasteiger partial charge in [-0.15, -0.1) is 15.3 Å². The molecule has 0 atom stereocenters. The van der Waals surface area contributed by atoms with Crippen LogP contribution in [0.15, 0.2) is 235 Å². The molecular formula is C90H78FN19O7S. The monoisotopic (exact) mass is 1590 g/mol. The SMILES string of the molecule is Cc1cc2nc(C(C)C)cc(OCc3cc4ccccc4o3)n2n1.Cc1cc2nc(Nc3nc(OCc4cc5ccccc5o4)c4ccccc4n3)nc(C)c2cc1C.Cc1ccnc(SCc2cc(CCc3cc4ccccc4o3)n3nc(C)nc3n2)n1.Cc1nnc(OCc2cc3ccccc3o2)c2c1nnn2Cc1ccccc1F. The average Bonchev–Trinajstić information content (AvgIpc) is 1.72. The zero-order valence-electron chi connectivity index (χ0n) is 65.9. The number of hydrogen-bond acceptors (Lipinski definition) is 24. The topological polar surface area (TPSA) is 299 Å². The lowest BCUT2D eigenvalue weighted by atomic mass is 10.1. The van der Waals surface area contributed by atoms with Crippen molar-refractivity contribution in [1.29, 1.82) is 0 Å². The second-order valence-electron chi connectivity index (χ2n) is 28.7. The van der Waals surface area contributed by atoms with Gasteiger partial charge in [0.25, 0.3) is 11.7 Å². The van der Waals surface area contributed by atoms with Crippen molar-refractivity contribution in [3.63, 3.8) is 0 Å². The fraction of sp³-hybridized carbons (Fsp3) is 0.189. The van der Waals surface area contributed by atoms with Gasteiger partial charge < -0.3 is 31.9 Å². The molecule has 0 unspecified atom stereocenters. The molecule has 0 radical (unpaired) electrons. The Morgan fingerprint density at radius 1 is 0.483 bits per heavy atom. The first-order valence-corrected chi connectivity index (χ1v) is 39.3. The maximum atomic E-state index is 14.1. The van der Waals surface area contributed by atoms with Crippen molar-refractivity contribution in [3.8, 4) is 17.6 Å². The Hall–Kier alpha value is -14.4. The third-order valence-corrected chi connectivity index (χ3v) is 20.4. The number of halogens is 1. The van der Waals surface area contributed by atoms with Crippen LogP contribution in [0.2, 0.25) is 0 Å². The molecule has 20 aromatic rings. The maximum absolute atomic E-state index is 14.1. The summed E-state index contributed by atoms with van der Waals surface area (Å²) < 4.78 is 60.7. The summed E-state index contributed by atoms with van der Waals surface area (Å²) in [6.45, 7) is 19.0. The van der Waals surface area contributed by atoms with Crippen LogP contribution in [0.1, 0.15) is 105 Å². The molecule has 13 heterocycles. The lowest BCUT2D eigenvalue weighted by molar-refractivity contribution is 0.257. The normalized spacial score (nSPS) is 11.5. The number of furan rings is 4. The predicted octanol–water partition coefficient (Wildman–Crippen LogP) is 19.5. The summed E-state index contributed by atoms with van der Waals surface area (Å²) in [7, 11) is 0. The fourth-order valence-corrected chi connectivity index (χ4v) is 14.3. The van der Waals surface area contributed by atoms with E-state index in [9.17, 15) is 4.39 Å². The summed E-state index contributed by atoms with van der Waals surface area (Å²) in [4.78, 5) is 41.2. The number of aromatic nitrogens is 18. The van der Waals surface area contributed by atoms with E-state index in [2.05, 4.69) is 134 Å². The smallest absolute Gasteiger partial charge is 0.262 e. The third kappa shape index (κ3) is 17.2. The number of nitrogens with one attached hydrogen (secondary N) is 1. The zero-order valence-corrected chi connectivity index (χ0v) is 66.7. The lowest BCUT2D eigenvalue weighted by Gasteiger charge is -2.11. The minimum Gasteiger partial charge on any atom is -0.469 e. The molecule has 0 amide bonds. The summed E-state index contributed by atoms with van der Waals surface area (Å²) >= 11 is 1.57. The summed E-state index contributed by atoms with van der Waals surface area (Å²) in [6, 6.07) is 66.0. The molecule has 28 heteroatoms. The lowest BCUT2D eigenvalue weighted by Crippen LogP contribution is -2.07. The number of aryl methyl sites for hydroxylation is 9. The number of nitrogens with zero attached hydrogens (tertiary/aromatic N) is 18. The quantitative estimate of drug-likeness (QED) is 0.0547. The van der Waals surface area contributed by atoms with Crippen LogP contribution < -0.4 is 19.5 Å². The molecule has 0 spiro atoms. The fourth-order valence-electron chi connectivity index (χ4n) is 13.5. The van der Waals surface area contributed by atoms with Gasteiger partial charge in [0.05, 0.1) is 51.4 Å². The van der Waals surface area contributed by atoms with Gasteiger partial charge in [-0.05, 0) is 163 Å². The third-order valence-electron chi connectivity index (χ3n) is 19.5. The van der Waals surface area contributed by atoms with Crippen molar-refractivity contribution in [3.05, 3.63) is 304 Å². The van der Waals surface area contributed by atoms with Crippen LogP contribution in [0.4, 0.5) is 16.3 Å². The van der Waals surface area contributed by atoms with Crippen LogP contribution in [0.3, 0.4) is 0 Å². The molecule has 0 saturated heterocycles. The molecule has 13 aromatic heterocycles. The van der Waals surface area contributed by atoms with E-state index in [1.54, 1.807) is 52.3 Å². The van der Waals surface area contributed by atoms with Crippen LogP contribution >= 0.6 is 11.8 Å². The summed E-state index contributed by atoms with van der Waals surface area (Å²) in [5, 5.41) is 35.6. The number of thioether (sulfide) groups is 1. The Balaban J connectivity index is 0.000000114. The minimum absolute atomic E-state index is 0.173. The number of hydrogen-bond donors (Lipinski definition) is 1. The number of para-hydroxylation sites is 5. The van der Waals surface area contributed by atoms with Gasteiger partial charge >= 0.3 is 0 Å². The highest BCUT2D eigenvalue weighted by Gasteiger charge is 2.21. The highest BCUT2D eigenvalue weighted by atomic mass is 32.2. The molecule has 7 aromatic carbocycles. The molecule has 0 aliphatic heterocycles. The number of benzene rings is 7. The number of ether oxygens (including phenoxy) is 3. The van der Waals surface area contributed by atoms with Crippen molar-refractivity contribution < 1.29 is 36.3 Å². The first kappa shape index (κ1) is 76.2. The van der Waals surface area contributed by atoms with E-state index in [0.717, 1.165) is 141 Å². The molecule has 0 aliphatic carbocycles. The van der Waals surface area contributed by atoms with Crippen LogP contribution in [0.5, 0.6) is 17.6 Å². The van der Waals surface area contributed by atoms with E-state index >= 15 is 0 Å². The predicted molar refractivity (Wildman–Crippen MR) is 449 cm³/mol. The summed E-state index contributed by atoms with van der Waals surface area (Å²) in [6.07, 6.45) is 3.34. The van der Waals surface area contributed by atoms with Crippen molar-refractivity contribution in [2.45, 2.75) is 118 Å². The van der Waals surface area contributed by atoms with Gasteiger partial charge in [-0.2, -0.15) is 24.7 Å². The van der Waals surface area contributed by atoms with Crippen molar-refractivity contribution in [2.75, 3.05) is 5.32 Å². The summed E-state index contributed by atoms with van der Waals surface area (Å²) in [5.41, 5.74) is 16.2. The van der Waals surface area contributed by atoms with Crippen molar-refractivity contribution in [2.24, 2.45) is 0 Å². The number of fused-ring (bicyclic) bond motifs is 9. The first-order valence-electron chi connectivity index (χ1n) is 38.4. The van der Waals surface area contributed by atoms with E-state index in [0.29, 0.717) is 81.6 Å². The van der Waals surface area contributed by atoms with Crippen LogP contribution in [0, 0.1) is 54.3 Å². The molecule has 118 heavy (non-hydrogen) atoms. The summed E-state index contributed by atoms with van der Waals surface area (Å²) in [5.74, 6) is 7.36. The van der Waals surface area contributed by atoms with Gasteiger partial charge in [0.1, 0.15) is 82.4 Å². The van der Waals surface area contributed by atoms with E-state index in [1.165, 1.54) is 17.2 Å². The molecule has 20 rings (SSSR count). The zero-order chi connectivity index (χ0) is 80.9. The van der Waals surface area contributed by atoms with Gasteiger partial charge in [-0.1, -0.05) is 134 Å². The van der Waals surface area contributed by atoms with E-state index in [4.69, 9.17) is 36.9 Å². The van der Waals surface area contributed by atoms with E-state index < -0.39 is 0 Å².